The average molecular weight is 593 g/mol. The smallest absolute Gasteiger partial charge is 0.319 e. The number of anilines is 1. The lowest BCUT2D eigenvalue weighted by molar-refractivity contribution is -0.131. The summed E-state index contributed by atoms with van der Waals surface area (Å²) in [7, 11) is 0. The third-order valence-electron chi connectivity index (χ3n) is 10.8. The number of carbonyl (C=O) groups excluding carboxylic acids is 1. The number of carbonyl (C=O) groups is 1. The standard InChI is InChI=1S/C35H37FN6O2/c1-22(36)33(43)42-16-15-40(20-26(42)9-12-37)32-28-8-7-23(27-6-2-5-24-17-25-18-29(25)31(24)27)19-30(28)38-34(39-32)44-21-35-10-3-13-41(35)14-4-11-35/h2,5-8,19,25-26,29H,1,3-4,9-11,13-18,20-21H2/t25?,26-,29?/m0/s1. The van der Waals surface area contributed by atoms with Gasteiger partial charge in [-0.25, -0.2) is 4.39 Å². The lowest BCUT2D eigenvalue weighted by Gasteiger charge is -2.41. The highest BCUT2D eigenvalue weighted by Gasteiger charge is 2.47. The van der Waals surface area contributed by atoms with Gasteiger partial charge in [-0.15, -0.1) is 0 Å². The normalized spacial score (nSPS) is 25.0. The number of fused-ring (bicyclic) bond motifs is 5. The predicted molar refractivity (Wildman–Crippen MR) is 166 cm³/mol. The molecule has 3 atom stereocenters. The van der Waals surface area contributed by atoms with E-state index in [-0.39, 0.29) is 18.5 Å². The van der Waals surface area contributed by atoms with Crippen molar-refractivity contribution in [3.8, 4) is 23.2 Å². The average Bonchev–Trinajstić information content (AvgIpc) is 3.32. The van der Waals surface area contributed by atoms with Crippen molar-refractivity contribution in [3.63, 3.8) is 0 Å². The molecule has 1 aromatic heterocycles. The molecule has 3 saturated heterocycles. The third-order valence-corrected chi connectivity index (χ3v) is 10.8. The predicted octanol–water partition coefficient (Wildman–Crippen LogP) is 5.38. The van der Waals surface area contributed by atoms with Crippen LogP contribution in [0.1, 0.15) is 55.6 Å². The van der Waals surface area contributed by atoms with Gasteiger partial charge in [0.2, 0.25) is 0 Å². The van der Waals surface area contributed by atoms with E-state index in [0.717, 1.165) is 54.1 Å². The Balaban J connectivity index is 1.17. The molecule has 2 aliphatic carbocycles. The summed E-state index contributed by atoms with van der Waals surface area (Å²) in [4.78, 5) is 28.6. The number of aromatic nitrogens is 2. The van der Waals surface area contributed by atoms with Crippen LogP contribution < -0.4 is 9.64 Å². The first-order valence-electron chi connectivity index (χ1n) is 16.0. The highest BCUT2D eigenvalue weighted by molar-refractivity contribution is 5.94. The van der Waals surface area contributed by atoms with Gasteiger partial charge in [0.05, 0.1) is 29.6 Å². The van der Waals surface area contributed by atoms with Gasteiger partial charge in [0.15, 0.2) is 5.83 Å². The summed E-state index contributed by atoms with van der Waals surface area (Å²) in [5.41, 5.74) is 6.28. The number of nitrogens with zero attached hydrogens (tertiary/aromatic N) is 6. The summed E-state index contributed by atoms with van der Waals surface area (Å²) >= 11 is 0. The fourth-order valence-electron chi connectivity index (χ4n) is 8.57. The molecule has 3 aliphatic heterocycles. The Morgan fingerprint density at radius 3 is 2.77 bits per heavy atom. The van der Waals surface area contributed by atoms with Crippen LogP contribution >= 0.6 is 0 Å². The molecule has 0 bridgehead atoms. The minimum absolute atomic E-state index is 0.0599. The van der Waals surface area contributed by atoms with Crippen molar-refractivity contribution in [1.82, 2.24) is 19.8 Å². The zero-order valence-corrected chi connectivity index (χ0v) is 25.0. The number of nitriles is 1. The maximum absolute atomic E-state index is 13.8. The molecule has 0 spiro atoms. The number of ether oxygens (including phenoxy) is 1. The van der Waals surface area contributed by atoms with Crippen molar-refractivity contribution in [2.75, 3.05) is 44.2 Å². The van der Waals surface area contributed by atoms with E-state index in [1.807, 2.05) is 0 Å². The van der Waals surface area contributed by atoms with Crippen LogP contribution in [-0.2, 0) is 11.2 Å². The number of piperazine rings is 1. The number of halogens is 1. The van der Waals surface area contributed by atoms with Crippen molar-refractivity contribution < 1.29 is 13.9 Å². The van der Waals surface area contributed by atoms with Crippen LogP contribution in [0.15, 0.2) is 48.8 Å². The molecule has 1 saturated carbocycles. The monoisotopic (exact) mass is 592 g/mol. The zero-order valence-electron chi connectivity index (χ0n) is 25.0. The first-order valence-corrected chi connectivity index (χ1v) is 16.0. The minimum atomic E-state index is -1.01. The second kappa shape index (κ2) is 10.6. The van der Waals surface area contributed by atoms with Crippen LogP contribution in [0.4, 0.5) is 10.2 Å². The lowest BCUT2D eigenvalue weighted by Crippen LogP contribution is -2.55. The molecule has 2 unspecified atom stereocenters. The van der Waals surface area contributed by atoms with E-state index in [4.69, 9.17) is 14.7 Å². The Hall–Kier alpha value is -4.03. The maximum atomic E-state index is 13.8. The molecule has 8 rings (SSSR count). The van der Waals surface area contributed by atoms with Gasteiger partial charge in [-0.2, -0.15) is 15.2 Å². The minimum Gasteiger partial charge on any atom is -0.461 e. The molecule has 4 heterocycles. The molecule has 3 aromatic rings. The molecule has 1 amide bonds. The quantitative estimate of drug-likeness (QED) is 0.341. The number of rotatable bonds is 7. The van der Waals surface area contributed by atoms with Gasteiger partial charge in [-0.05, 0) is 97.8 Å². The van der Waals surface area contributed by atoms with Crippen LogP contribution in [0.2, 0.25) is 0 Å². The van der Waals surface area contributed by atoms with Gasteiger partial charge < -0.3 is 14.5 Å². The Morgan fingerprint density at radius 2 is 1.98 bits per heavy atom. The second-order valence-corrected chi connectivity index (χ2v) is 13.3. The van der Waals surface area contributed by atoms with Crippen molar-refractivity contribution in [1.29, 1.82) is 5.26 Å². The largest absolute Gasteiger partial charge is 0.461 e. The van der Waals surface area contributed by atoms with Gasteiger partial charge >= 0.3 is 6.01 Å². The SMILES string of the molecule is C=C(F)C(=O)N1CCN(c2nc(OCC34CCCN3CCC4)nc3cc(-c4cccc5c4C4CC4C5)ccc23)C[C@@H]1CC#N. The summed E-state index contributed by atoms with van der Waals surface area (Å²) in [5, 5.41) is 10.4. The Labute approximate surface area is 257 Å². The third kappa shape index (κ3) is 4.54. The first-order chi connectivity index (χ1) is 21.4. The summed E-state index contributed by atoms with van der Waals surface area (Å²) < 4.78 is 20.3. The van der Waals surface area contributed by atoms with Crippen molar-refractivity contribution >= 4 is 22.6 Å². The van der Waals surface area contributed by atoms with E-state index in [1.165, 1.54) is 47.3 Å². The Kier molecular flexibility index (Phi) is 6.60. The van der Waals surface area contributed by atoms with Crippen LogP contribution in [0.5, 0.6) is 6.01 Å². The molecule has 9 heteroatoms. The van der Waals surface area contributed by atoms with E-state index in [2.05, 4.69) is 58.8 Å². The number of amides is 1. The van der Waals surface area contributed by atoms with Gasteiger partial charge in [-0.3, -0.25) is 9.69 Å². The first kappa shape index (κ1) is 27.5. The Bertz CT molecular complexity index is 1710. The summed E-state index contributed by atoms with van der Waals surface area (Å²) in [6.45, 7) is 7.06. The zero-order chi connectivity index (χ0) is 30.0. The van der Waals surface area contributed by atoms with Crippen LogP contribution in [-0.4, -0.2) is 76.6 Å². The summed E-state index contributed by atoms with van der Waals surface area (Å²) in [5.74, 6) is 0.435. The molecular formula is C35H37FN6O2. The van der Waals surface area contributed by atoms with E-state index < -0.39 is 17.8 Å². The van der Waals surface area contributed by atoms with Gasteiger partial charge in [0, 0.05) is 25.0 Å². The highest BCUT2D eigenvalue weighted by atomic mass is 19.1. The molecule has 0 radical (unpaired) electrons. The van der Waals surface area contributed by atoms with Crippen LogP contribution in [0.3, 0.4) is 0 Å². The van der Waals surface area contributed by atoms with Crippen LogP contribution in [0, 0.1) is 17.2 Å². The van der Waals surface area contributed by atoms with E-state index in [1.54, 1.807) is 0 Å². The van der Waals surface area contributed by atoms with Gasteiger partial charge in [-0.1, -0.05) is 30.8 Å². The Morgan fingerprint density at radius 1 is 1.14 bits per heavy atom. The lowest BCUT2D eigenvalue weighted by atomic mass is 9.94. The highest BCUT2D eigenvalue weighted by Crippen LogP contribution is 2.58. The molecule has 226 valence electrons. The molecule has 2 aromatic carbocycles. The molecule has 0 N–H and O–H groups in total. The van der Waals surface area contributed by atoms with Gasteiger partial charge in [0.25, 0.3) is 5.91 Å². The van der Waals surface area contributed by atoms with E-state index >= 15 is 0 Å². The van der Waals surface area contributed by atoms with E-state index in [0.29, 0.717) is 31.6 Å². The van der Waals surface area contributed by atoms with Crippen molar-refractivity contribution in [3.05, 3.63) is 59.9 Å². The fraction of sp³-hybridized carbons (Fsp3) is 0.486. The van der Waals surface area contributed by atoms with Gasteiger partial charge in [0.1, 0.15) is 12.4 Å². The number of hydrogen-bond acceptors (Lipinski definition) is 7. The van der Waals surface area contributed by atoms with E-state index in [9.17, 15) is 14.4 Å². The molecule has 5 aliphatic rings. The van der Waals surface area contributed by atoms with Crippen molar-refractivity contribution in [2.45, 2.75) is 62.4 Å². The summed E-state index contributed by atoms with van der Waals surface area (Å²) in [6.07, 6.45) is 7.19. The second-order valence-electron chi connectivity index (χ2n) is 13.3. The van der Waals surface area contributed by atoms with Crippen molar-refractivity contribution in [2.24, 2.45) is 5.92 Å². The molecular weight excluding hydrogens is 555 g/mol. The topological polar surface area (TPSA) is 85.6 Å². The maximum Gasteiger partial charge on any atom is 0.319 e. The van der Waals surface area contributed by atoms with Crippen LogP contribution in [0.25, 0.3) is 22.0 Å². The number of benzene rings is 2. The fourth-order valence-corrected chi connectivity index (χ4v) is 8.57. The molecule has 8 nitrogen and oxygen atoms in total. The summed E-state index contributed by atoms with van der Waals surface area (Å²) in [6, 6.07) is 15.1. The molecule has 44 heavy (non-hydrogen) atoms. The number of hydrogen-bond donors (Lipinski definition) is 0. The molecule has 4 fully saturated rings.